The Hall–Kier alpha value is -3.81. The zero-order valence-corrected chi connectivity index (χ0v) is 19.5. The van der Waals surface area contributed by atoms with Gasteiger partial charge in [-0.15, -0.1) is 0 Å². The van der Waals surface area contributed by atoms with Crippen molar-refractivity contribution in [3.05, 3.63) is 108 Å². The van der Waals surface area contributed by atoms with E-state index in [0.29, 0.717) is 12.2 Å². The molecule has 3 aromatic carbocycles. The molecular weight excluding hydrogens is 448 g/mol. The van der Waals surface area contributed by atoms with Crippen LogP contribution in [0.15, 0.2) is 85.6 Å². The second kappa shape index (κ2) is 10.4. The molecule has 34 heavy (non-hydrogen) atoms. The first-order chi connectivity index (χ1) is 16.5. The second-order valence-electron chi connectivity index (χ2n) is 7.67. The fraction of sp³-hybridized carbons (Fsp3) is 0.111. The summed E-state index contributed by atoms with van der Waals surface area (Å²) >= 11 is -1.94. The number of carbonyl (C=O) groups is 1. The lowest BCUT2D eigenvalue weighted by molar-refractivity contribution is -0.128. The molecule has 172 valence electrons. The van der Waals surface area contributed by atoms with E-state index in [4.69, 9.17) is 4.74 Å². The summed E-state index contributed by atoms with van der Waals surface area (Å²) in [5, 5.41) is 8.06. The van der Waals surface area contributed by atoms with Gasteiger partial charge in [-0.3, -0.25) is 5.10 Å². The van der Waals surface area contributed by atoms with Gasteiger partial charge in [0, 0.05) is 17.0 Å². The highest BCUT2D eigenvalue weighted by Crippen LogP contribution is 2.39. The fourth-order valence-electron chi connectivity index (χ4n) is 4.02. The van der Waals surface area contributed by atoms with Crippen LogP contribution < -0.4 is 4.74 Å². The summed E-state index contributed by atoms with van der Waals surface area (Å²) < 4.78 is 26.4. The molecule has 0 aliphatic heterocycles. The van der Waals surface area contributed by atoms with Gasteiger partial charge in [-0.25, -0.2) is 9.00 Å². The highest BCUT2D eigenvalue weighted by molar-refractivity contribution is 7.78. The third-order valence-corrected chi connectivity index (χ3v) is 6.06. The number of aromatic nitrogens is 2. The molecule has 1 heterocycles. The number of benzene rings is 3. The molecule has 7 heteroatoms. The first-order valence-corrected chi connectivity index (χ1v) is 12.0. The monoisotopic (exact) mass is 472 g/mol. The summed E-state index contributed by atoms with van der Waals surface area (Å²) in [6.45, 7) is 5.56. The number of carbonyl (C=O) groups excluding carboxylic acids is 1. The third-order valence-electron chi connectivity index (χ3n) is 5.48. The minimum atomic E-state index is -1.94. The van der Waals surface area contributed by atoms with Crippen molar-refractivity contribution in [2.75, 3.05) is 0 Å². The SMILES string of the molecule is C=CC(=O)Oc1ccccc1/C(=C(\CC)c1cccc(CS(=O)O)c1)c1ccc2[nH]ncc2c1. The first kappa shape index (κ1) is 23.4. The number of hydrogen-bond acceptors (Lipinski definition) is 4. The number of hydrogen-bond donors (Lipinski definition) is 2. The molecule has 0 saturated heterocycles. The van der Waals surface area contributed by atoms with Crippen LogP contribution in [0.3, 0.4) is 0 Å². The topological polar surface area (TPSA) is 92.3 Å². The number of H-pyrrole nitrogens is 1. The maximum absolute atomic E-state index is 12.1. The Morgan fingerprint density at radius 2 is 1.94 bits per heavy atom. The Morgan fingerprint density at radius 1 is 1.12 bits per heavy atom. The van der Waals surface area contributed by atoms with E-state index < -0.39 is 17.0 Å². The molecule has 1 aromatic heterocycles. The van der Waals surface area contributed by atoms with E-state index in [1.165, 1.54) is 0 Å². The molecule has 0 spiro atoms. The second-order valence-corrected chi connectivity index (χ2v) is 8.60. The van der Waals surface area contributed by atoms with E-state index in [0.717, 1.165) is 50.4 Å². The molecule has 1 atom stereocenters. The molecule has 4 rings (SSSR count). The summed E-state index contributed by atoms with van der Waals surface area (Å²) in [5.41, 5.74) is 6.21. The average molecular weight is 473 g/mol. The van der Waals surface area contributed by atoms with Gasteiger partial charge in [0.1, 0.15) is 5.75 Å². The summed E-state index contributed by atoms with van der Waals surface area (Å²) in [7, 11) is 0. The largest absolute Gasteiger partial charge is 0.423 e. The lowest BCUT2D eigenvalue weighted by Gasteiger charge is -2.19. The van der Waals surface area contributed by atoms with Crippen molar-refractivity contribution in [3.63, 3.8) is 0 Å². The zero-order chi connectivity index (χ0) is 24.1. The van der Waals surface area contributed by atoms with Crippen LogP contribution in [0, 0.1) is 0 Å². The molecule has 0 saturated carbocycles. The summed E-state index contributed by atoms with van der Waals surface area (Å²) in [5.74, 6) is -0.0647. The van der Waals surface area contributed by atoms with E-state index in [1.54, 1.807) is 12.3 Å². The molecule has 0 aliphatic carbocycles. The predicted octanol–water partition coefficient (Wildman–Crippen LogP) is 5.75. The Kier molecular flexibility index (Phi) is 7.15. The van der Waals surface area contributed by atoms with Crippen LogP contribution in [-0.2, 0) is 21.6 Å². The van der Waals surface area contributed by atoms with Crippen LogP contribution >= 0.6 is 0 Å². The molecule has 0 aliphatic rings. The normalized spacial score (nSPS) is 12.8. The highest BCUT2D eigenvalue weighted by atomic mass is 32.2. The molecule has 0 fully saturated rings. The van der Waals surface area contributed by atoms with Gasteiger partial charge < -0.3 is 9.29 Å². The molecule has 2 N–H and O–H groups in total. The summed E-state index contributed by atoms with van der Waals surface area (Å²) in [6.07, 6.45) is 3.58. The molecule has 0 bridgehead atoms. The van der Waals surface area contributed by atoms with E-state index in [9.17, 15) is 13.6 Å². The number of aromatic amines is 1. The molecule has 4 aromatic rings. The van der Waals surface area contributed by atoms with Crippen LogP contribution in [0.4, 0.5) is 0 Å². The lowest BCUT2D eigenvalue weighted by Crippen LogP contribution is -2.06. The smallest absolute Gasteiger partial charge is 0.335 e. The maximum Gasteiger partial charge on any atom is 0.335 e. The number of fused-ring (bicyclic) bond motifs is 1. The Bertz CT molecular complexity index is 1420. The molecular formula is C27H24N2O4S. The molecule has 0 radical (unpaired) electrons. The summed E-state index contributed by atoms with van der Waals surface area (Å²) in [6, 6.07) is 21.0. The highest BCUT2D eigenvalue weighted by Gasteiger charge is 2.19. The van der Waals surface area contributed by atoms with Crippen molar-refractivity contribution >= 4 is 39.1 Å². The molecule has 1 unspecified atom stereocenters. The van der Waals surface area contributed by atoms with Gasteiger partial charge in [-0.2, -0.15) is 5.10 Å². The van der Waals surface area contributed by atoms with Gasteiger partial charge >= 0.3 is 5.97 Å². The van der Waals surface area contributed by atoms with Crippen molar-refractivity contribution in [1.29, 1.82) is 0 Å². The zero-order valence-electron chi connectivity index (χ0n) is 18.7. The van der Waals surface area contributed by atoms with Gasteiger partial charge in [0.05, 0.1) is 17.5 Å². The van der Waals surface area contributed by atoms with Gasteiger partial charge in [0.25, 0.3) is 0 Å². The van der Waals surface area contributed by atoms with Crippen LogP contribution in [0.25, 0.3) is 22.0 Å². The van der Waals surface area contributed by atoms with E-state index in [2.05, 4.69) is 23.7 Å². The quantitative estimate of drug-likeness (QED) is 0.112. The number of allylic oxidation sites excluding steroid dienone is 1. The number of rotatable bonds is 8. The van der Waals surface area contributed by atoms with Crippen LogP contribution in [0.2, 0.25) is 0 Å². The minimum absolute atomic E-state index is 0.0503. The van der Waals surface area contributed by atoms with Gasteiger partial charge in [-0.05, 0) is 52.5 Å². The predicted molar refractivity (Wildman–Crippen MR) is 135 cm³/mol. The van der Waals surface area contributed by atoms with E-state index in [1.807, 2.05) is 60.7 Å². The third kappa shape index (κ3) is 5.06. The number of nitrogens with one attached hydrogen (secondary N) is 1. The number of esters is 1. The summed E-state index contributed by atoms with van der Waals surface area (Å²) in [4.78, 5) is 12.1. The van der Waals surface area contributed by atoms with E-state index >= 15 is 0 Å². The van der Waals surface area contributed by atoms with Crippen LogP contribution in [0.5, 0.6) is 5.75 Å². The lowest BCUT2D eigenvalue weighted by atomic mass is 9.87. The molecule has 0 amide bonds. The Labute approximate surface area is 200 Å². The van der Waals surface area contributed by atoms with Crippen LogP contribution in [0.1, 0.15) is 35.6 Å². The van der Waals surface area contributed by atoms with Crippen LogP contribution in [-0.4, -0.2) is 24.9 Å². The first-order valence-electron chi connectivity index (χ1n) is 10.8. The van der Waals surface area contributed by atoms with Gasteiger partial charge in [-0.1, -0.05) is 62.0 Å². The maximum atomic E-state index is 12.1. The van der Waals surface area contributed by atoms with Crippen molar-refractivity contribution in [2.45, 2.75) is 19.1 Å². The standard InChI is InChI=1S/C27H24N2O4S/c1-3-22(19-9-7-8-18(14-19)17-34(31)32)27(20-12-13-24-21(15-20)16-28-29-24)23-10-5-6-11-25(23)33-26(30)4-2/h4-16H,2-3,17H2,1H3,(H,28,29)(H,31,32)/b27-22+. The Balaban J connectivity index is 1.99. The van der Waals surface area contributed by atoms with Gasteiger partial charge in [0.15, 0.2) is 11.1 Å². The minimum Gasteiger partial charge on any atom is -0.423 e. The Morgan fingerprint density at radius 3 is 2.71 bits per heavy atom. The number of para-hydroxylation sites is 1. The van der Waals surface area contributed by atoms with Crippen molar-refractivity contribution < 1.29 is 18.3 Å². The van der Waals surface area contributed by atoms with Gasteiger partial charge in [0.2, 0.25) is 0 Å². The fourth-order valence-corrected chi connectivity index (χ4v) is 4.48. The molecule has 6 nitrogen and oxygen atoms in total. The van der Waals surface area contributed by atoms with Crippen molar-refractivity contribution in [2.24, 2.45) is 0 Å². The number of nitrogens with zero attached hydrogens (tertiary/aromatic N) is 1. The van der Waals surface area contributed by atoms with Crippen molar-refractivity contribution in [3.8, 4) is 5.75 Å². The van der Waals surface area contributed by atoms with Crippen molar-refractivity contribution in [1.82, 2.24) is 10.2 Å². The van der Waals surface area contributed by atoms with E-state index in [-0.39, 0.29) is 5.75 Å². The number of ether oxygens (including phenoxy) is 1. The average Bonchev–Trinajstić information content (AvgIpc) is 3.30.